The predicted molar refractivity (Wildman–Crippen MR) is 101 cm³/mol. The van der Waals surface area contributed by atoms with Crippen LogP contribution in [0.2, 0.25) is 0 Å². The number of aryl methyl sites for hydroxylation is 1. The first-order valence-corrected chi connectivity index (χ1v) is 10.1. The molecular formula is C20H25NO4S. The van der Waals surface area contributed by atoms with Crippen molar-refractivity contribution in [2.75, 3.05) is 13.7 Å². The molecule has 1 N–H and O–H groups in total. The van der Waals surface area contributed by atoms with Gasteiger partial charge in [0.2, 0.25) is 10.0 Å². The van der Waals surface area contributed by atoms with Crippen molar-refractivity contribution in [1.82, 2.24) is 4.31 Å². The molecule has 1 aliphatic rings. The third kappa shape index (κ3) is 3.92. The molecule has 2 atom stereocenters. The number of hydrogen-bond donors (Lipinski definition) is 1. The van der Waals surface area contributed by atoms with Gasteiger partial charge in [0.1, 0.15) is 5.75 Å². The lowest BCUT2D eigenvalue weighted by Gasteiger charge is -2.24. The predicted octanol–water partition coefficient (Wildman–Crippen LogP) is 2.76. The number of aliphatic hydroxyl groups is 1. The van der Waals surface area contributed by atoms with Crippen molar-refractivity contribution < 1.29 is 18.3 Å². The van der Waals surface area contributed by atoms with Crippen molar-refractivity contribution in [3.8, 4) is 5.75 Å². The Kier molecular flexibility index (Phi) is 5.10. The van der Waals surface area contributed by atoms with Gasteiger partial charge in [0, 0.05) is 12.6 Å². The van der Waals surface area contributed by atoms with E-state index in [1.165, 1.54) is 4.31 Å². The molecule has 3 rings (SSSR count). The maximum atomic E-state index is 13.1. The summed E-state index contributed by atoms with van der Waals surface area (Å²) in [6.07, 6.45) is 0.954. The average Bonchev–Trinajstić information content (AvgIpc) is 2.91. The first-order valence-electron chi connectivity index (χ1n) is 8.65. The molecule has 1 heterocycles. The molecule has 1 unspecified atom stereocenters. The van der Waals surface area contributed by atoms with Gasteiger partial charge in [-0.3, -0.25) is 0 Å². The highest BCUT2D eigenvalue weighted by Crippen LogP contribution is 2.34. The molecule has 0 bridgehead atoms. The zero-order valence-electron chi connectivity index (χ0n) is 15.3. The number of nitrogens with zero attached hydrogens (tertiary/aromatic N) is 1. The molecular weight excluding hydrogens is 350 g/mol. The fraction of sp³-hybridized carbons (Fsp3) is 0.400. The van der Waals surface area contributed by atoms with Crippen LogP contribution in [0.4, 0.5) is 0 Å². The van der Waals surface area contributed by atoms with Crippen LogP contribution in [0.5, 0.6) is 5.75 Å². The molecule has 140 valence electrons. The van der Waals surface area contributed by atoms with Crippen LogP contribution in [-0.2, 0) is 16.4 Å². The quantitative estimate of drug-likeness (QED) is 0.873. The van der Waals surface area contributed by atoms with E-state index in [2.05, 4.69) is 0 Å². The maximum Gasteiger partial charge on any atom is 0.243 e. The van der Waals surface area contributed by atoms with E-state index in [0.717, 1.165) is 16.9 Å². The number of hydrogen-bond acceptors (Lipinski definition) is 4. The van der Waals surface area contributed by atoms with Gasteiger partial charge in [-0.05, 0) is 56.5 Å². The molecule has 0 radical (unpaired) electrons. The third-order valence-electron chi connectivity index (χ3n) is 4.84. The lowest BCUT2D eigenvalue weighted by atomic mass is 9.98. The number of β-amino-alcohol motifs (C(OH)–C–C–N with tert-alkyl or cyclic N) is 1. The van der Waals surface area contributed by atoms with Crippen LogP contribution >= 0.6 is 0 Å². The summed E-state index contributed by atoms with van der Waals surface area (Å²) in [5, 5.41) is 10.5. The average molecular weight is 375 g/mol. The Morgan fingerprint density at radius 1 is 1.15 bits per heavy atom. The number of methoxy groups -OCH3 is 1. The summed E-state index contributed by atoms with van der Waals surface area (Å²) in [5.74, 6) is 0.760. The smallest absolute Gasteiger partial charge is 0.243 e. The summed E-state index contributed by atoms with van der Waals surface area (Å²) in [6.45, 7) is 3.71. The summed E-state index contributed by atoms with van der Waals surface area (Å²) < 4.78 is 32.9. The summed E-state index contributed by atoms with van der Waals surface area (Å²) in [4.78, 5) is 0.264. The minimum absolute atomic E-state index is 0.101. The molecule has 0 saturated carbocycles. The topological polar surface area (TPSA) is 66.8 Å². The van der Waals surface area contributed by atoms with E-state index in [9.17, 15) is 13.5 Å². The molecule has 1 saturated heterocycles. The number of ether oxygens (including phenoxy) is 1. The van der Waals surface area contributed by atoms with E-state index in [4.69, 9.17) is 4.74 Å². The van der Waals surface area contributed by atoms with Crippen LogP contribution in [-0.4, -0.2) is 43.1 Å². The molecule has 26 heavy (non-hydrogen) atoms. The number of rotatable bonds is 5. The highest BCUT2D eigenvalue weighted by atomic mass is 32.2. The van der Waals surface area contributed by atoms with E-state index >= 15 is 0 Å². The minimum atomic E-state index is -3.66. The molecule has 5 nitrogen and oxygen atoms in total. The molecule has 0 spiro atoms. The van der Waals surface area contributed by atoms with Crippen LogP contribution in [0, 0.1) is 6.92 Å². The molecule has 2 aromatic rings. The molecule has 1 fully saturated rings. The second-order valence-electron chi connectivity index (χ2n) is 7.27. The maximum absolute atomic E-state index is 13.1. The Morgan fingerprint density at radius 2 is 1.77 bits per heavy atom. The minimum Gasteiger partial charge on any atom is -0.497 e. The lowest BCUT2D eigenvalue weighted by Crippen LogP contribution is -2.38. The number of sulfonamides is 1. The van der Waals surface area contributed by atoms with E-state index < -0.39 is 15.6 Å². The molecule has 0 amide bonds. The van der Waals surface area contributed by atoms with Crippen LogP contribution in [0.25, 0.3) is 0 Å². The summed E-state index contributed by atoms with van der Waals surface area (Å²) >= 11 is 0. The third-order valence-corrected chi connectivity index (χ3v) is 6.75. The zero-order chi connectivity index (χ0) is 18.9. The normalized spacial score (nSPS) is 23.9. The highest BCUT2D eigenvalue weighted by Gasteiger charge is 2.45. The number of benzene rings is 2. The van der Waals surface area contributed by atoms with Crippen molar-refractivity contribution in [2.24, 2.45) is 0 Å². The van der Waals surface area contributed by atoms with E-state index in [0.29, 0.717) is 12.8 Å². The lowest BCUT2D eigenvalue weighted by molar-refractivity contribution is 0.0751. The Balaban J connectivity index is 1.88. The summed E-state index contributed by atoms with van der Waals surface area (Å²) in [5.41, 5.74) is 0.985. The molecule has 0 aromatic heterocycles. The van der Waals surface area contributed by atoms with Gasteiger partial charge in [0.05, 0.1) is 17.6 Å². The SMILES string of the molecule is COc1ccc(C[C@H]2CC(C)(O)CN2S(=O)(=O)c2ccc(C)cc2)cc1. The first kappa shape index (κ1) is 18.9. The van der Waals surface area contributed by atoms with Crippen LogP contribution < -0.4 is 4.74 Å². The van der Waals surface area contributed by atoms with Gasteiger partial charge in [0.15, 0.2) is 0 Å². The first-order chi connectivity index (χ1) is 12.2. The van der Waals surface area contributed by atoms with Gasteiger partial charge in [-0.2, -0.15) is 4.31 Å². The van der Waals surface area contributed by atoms with Crippen molar-refractivity contribution >= 4 is 10.0 Å². The standard InChI is InChI=1S/C20H25NO4S/c1-15-4-10-19(11-5-15)26(23,24)21-14-20(2,22)13-17(21)12-16-6-8-18(25-3)9-7-16/h4-11,17,22H,12-14H2,1-3H3/t17-,20?/m0/s1. The fourth-order valence-corrected chi connectivity index (χ4v) is 5.21. The van der Waals surface area contributed by atoms with Crippen LogP contribution in [0.15, 0.2) is 53.4 Å². The van der Waals surface area contributed by atoms with Gasteiger partial charge in [0.25, 0.3) is 0 Å². The molecule has 2 aromatic carbocycles. The van der Waals surface area contributed by atoms with E-state index in [1.54, 1.807) is 38.3 Å². The summed E-state index contributed by atoms with van der Waals surface area (Å²) in [6, 6.07) is 14.1. The molecule has 6 heteroatoms. The Bertz CT molecular complexity index is 858. The van der Waals surface area contributed by atoms with Gasteiger partial charge in [-0.1, -0.05) is 29.8 Å². The monoisotopic (exact) mass is 375 g/mol. The molecule has 1 aliphatic heterocycles. The highest BCUT2D eigenvalue weighted by molar-refractivity contribution is 7.89. The van der Waals surface area contributed by atoms with Gasteiger partial charge < -0.3 is 9.84 Å². The van der Waals surface area contributed by atoms with Crippen LogP contribution in [0.1, 0.15) is 24.5 Å². The van der Waals surface area contributed by atoms with Gasteiger partial charge in [-0.15, -0.1) is 0 Å². The van der Waals surface area contributed by atoms with E-state index in [-0.39, 0.29) is 17.5 Å². The largest absolute Gasteiger partial charge is 0.497 e. The molecule has 0 aliphatic carbocycles. The van der Waals surface area contributed by atoms with Crippen molar-refractivity contribution in [3.05, 3.63) is 59.7 Å². The van der Waals surface area contributed by atoms with Gasteiger partial charge in [-0.25, -0.2) is 8.42 Å². The summed E-state index contributed by atoms with van der Waals surface area (Å²) in [7, 11) is -2.05. The van der Waals surface area contributed by atoms with Crippen molar-refractivity contribution in [2.45, 2.75) is 43.2 Å². The Morgan fingerprint density at radius 3 is 2.35 bits per heavy atom. The second kappa shape index (κ2) is 7.02. The van der Waals surface area contributed by atoms with Crippen LogP contribution in [0.3, 0.4) is 0 Å². The fourth-order valence-electron chi connectivity index (χ4n) is 3.47. The van der Waals surface area contributed by atoms with E-state index in [1.807, 2.05) is 31.2 Å². The van der Waals surface area contributed by atoms with Crippen molar-refractivity contribution in [1.29, 1.82) is 0 Å². The Hall–Kier alpha value is -1.89. The Labute approximate surface area is 155 Å². The van der Waals surface area contributed by atoms with Crippen molar-refractivity contribution in [3.63, 3.8) is 0 Å². The second-order valence-corrected chi connectivity index (χ2v) is 9.16. The zero-order valence-corrected chi connectivity index (χ0v) is 16.2. The van der Waals surface area contributed by atoms with Gasteiger partial charge >= 0.3 is 0 Å².